The van der Waals surface area contributed by atoms with E-state index < -0.39 is 0 Å². The molecule has 0 aromatic heterocycles. The summed E-state index contributed by atoms with van der Waals surface area (Å²) < 4.78 is 5.72. The minimum absolute atomic E-state index is 0.642. The lowest BCUT2D eigenvalue weighted by Crippen LogP contribution is -2.04. The van der Waals surface area contributed by atoms with Gasteiger partial charge in [-0.1, -0.05) is 74.9 Å². The van der Waals surface area contributed by atoms with Crippen molar-refractivity contribution >= 4 is 0 Å². The fraction of sp³-hybridized carbons (Fsp3) is 0.333. The lowest BCUT2D eigenvalue weighted by molar-refractivity contribution is 0.0910. The van der Waals surface area contributed by atoms with Crippen molar-refractivity contribution in [3.8, 4) is 11.1 Å². The van der Waals surface area contributed by atoms with Crippen LogP contribution in [-0.2, 0) is 11.3 Å². The van der Waals surface area contributed by atoms with Gasteiger partial charge in [-0.05, 0) is 22.6 Å². The average Bonchev–Trinajstić information content (AvgIpc) is 2.48. The average molecular weight is 254 g/mol. The van der Waals surface area contributed by atoms with Crippen molar-refractivity contribution < 1.29 is 4.74 Å². The van der Waals surface area contributed by atoms with E-state index in [0.29, 0.717) is 12.5 Å². The van der Waals surface area contributed by atoms with E-state index in [2.05, 4.69) is 62.4 Å². The Bertz CT molecular complexity index is 473. The van der Waals surface area contributed by atoms with Crippen LogP contribution in [0.1, 0.15) is 25.8 Å². The first-order valence-electron chi connectivity index (χ1n) is 7.01. The quantitative estimate of drug-likeness (QED) is 0.711. The molecule has 2 aromatic carbocycles. The van der Waals surface area contributed by atoms with E-state index in [1.165, 1.54) is 23.1 Å². The predicted octanol–water partition coefficient (Wildman–Crippen LogP) is 4.92. The fourth-order valence-corrected chi connectivity index (χ4v) is 1.92. The van der Waals surface area contributed by atoms with Crippen LogP contribution in [0.25, 0.3) is 11.1 Å². The number of rotatable bonds is 6. The van der Waals surface area contributed by atoms with Crippen LogP contribution in [-0.4, -0.2) is 6.61 Å². The molecule has 0 amide bonds. The van der Waals surface area contributed by atoms with Crippen LogP contribution >= 0.6 is 0 Å². The van der Waals surface area contributed by atoms with Gasteiger partial charge in [-0.25, -0.2) is 0 Å². The molecule has 2 rings (SSSR count). The van der Waals surface area contributed by atoms with E-state index in [4.69, 9.17) is 4.74 Å². The summed E-state index contributed by atoms with van der Waals surface area (Å²) in [5, 5.41) is 0. The van der Waals surface area contributed by atoms with Crippen LogP contribution in [0.4, 0.5) is 0 Å². The summed E-state index contributed by atoms with van der Waals surface area (Å²) in [6.07, 6.45) is 1.17. The molecule has 1 nitrogen and oxygen atoms in total. The zero-order valence-corrected chi connectivity index (χ0v) is 11.8. The van der Waals surface area contributed by atoms with Gasteiger partial charge in [0.1, 0.15) is 0 Å². The molecule has 2 aromatic rings. The molecule has 1 unspecified atom stereocenters. The molecule has 0 fully saturated rings. The molecule has 0 heterocycles. The van der Waals surface area contributed by atoms with Crippen molar-refractivity contribution in [1.29, 1.82) is 0 Å². The third-order valence-electron chi connectivity index (χ3n) is 3.43. The molecular weight excluding hydrogens is 232 g/mol. The number of benzene rings is 2. The van der Waals surface area contributed by atoms with Crippen molar-refractivity contribution in [2.24, 2.45) is 5.92 Å². The molecule has 1 atom stereocenters. The van der Waals surface area contributed by atoms with Crippen LogP contribution in [0.3, 0.4) is 0 Å². The van der Waals surface area contributed by atoms with Crippen molar-refractivity contribution in [2.75, 3.05) is 6.61 Å². The highest BCUT2D eigenvalue weighted by Gasteiger charge is 2.00. The van der Waals surface area contributed by atoms with Crippen LogP contribution in [0.15, 0.2) is 54.6 Å². The van der Waals surface area contributed by atoms with E-state index >= 15 is 0 Å². The summed E-state index contributed by atoms with van der Waals surface area (Å²) in [4.78, 5) is 0. The smallest absolute Gasteiger partial charge is 0.0717 e. The second kappa shape index (κ2) is 7.10. The Balaban J connectivity index is 1.92. The molecule has 0 aliphatic rings. The van der Waals surface area contributed by atoms with Gasteiger partial charge in [-0.15, -0.1) is 0 Å². The van der Waals surface area contributed by atoms with E-state index in [1.807, 2.05) is 6.07 Å². The van der Waals surface area contributed by atoms with Gasteiger partial charge in [-0.2, -0.15) is 0 Å². The molecule has 19 heavy (non-hydrogen) atoms. The number of ether oxygens (including phenoxy) is 1. The van der Waals surface area contributed by atoms with Crippen molar-refractivity contribution in [2.45, 2.75) is 26.9 Å². The Morgan fingerprint density at radius 1 is 0.895 bits per heavy atom. The van der Waals surface area contributed by atoms with Gasteiger partial charge in [0, 0.05) is 6.61 Å². The predicted molar refractivity (Wildman–Crippen MR) is 81.0 cm³/mol. The monoisotopic (exact) mass is 254 g/mol. The highest BCUT2D eigenvalue weighted by Crippen LogP contribution is 2.19. The maximum absolute atomic E-state index is 5.72. The van der Waals surface area contributed by atoms with E-state index in [0.717, 1.165) is 6.61 Å². The lowest BCUT2D eigenvalue weighted by atomic mass is 10.0. The Kier molecular flexibility index (Phi) is 5.17. The topological polar surface area (TPSA) is 9.23 Å². The molecular formula is C18H22O. The highest BCUT2D eigenvalue weighted by atomic mass is 16.5. The summed E-state index contributed by atoms with van der Waals surface area (Å²) in [7, 11) is 0. The zero-order chi connectivity index (χ0) is 13.5. The zero-order valence-electron chi connectivity index (χ0n) is 11.8. The van der Waals surface area contributed by atoms with E-state index in [1.54, 1.807) is 0 Å². The normalized spacial score (nSPS) is 12.3. The summed E-state index contributed by atoms with van der Waals surface area (Å²) >= 11 is 0. The molecule has 0 spiro atoms. The molecule has 100 valence electrons. The Morgan fingerprint density at radius 2 is 1.53 bits per heavy atom. The molecule has 0 saturated heterocycles. The van der Waals surface area contributed by atoms with E-state index in [9.17, 15) is 0 Å². The first kappa shape index (κ1) is 13.8. The van der Waals surface area contributed by atoms with Gasteiger partial charge in [0.25, 0.3) is 0 Å². The van der Waals surface area contributed by atoms with Crippen molar-refractivity contribution in [3.05, 3.63) is 60.2 Å². The van der Waals surface area contributed by atoms with Gasteiger partial charge in [0.2, 0.25) is 0 Å². The second-order valence-corrected chi connectivity index (χ2v) is 5.09. The summed E-state index contributed by atoms with van der Waals surface area (Å²) in [6, 6.07) is 19.1. The minimum atomic E-state index is 0.642. The molecule has 0 bridgehead atoms. The second-order valence-electron chi connectivity index (χ2n) is 5.09. The standard InChI is InChI=1S/C18H22O/c1-3-15(2)13-19-14-16-9-11-18(12-10-16)17-7-5-4-6-8-17/h4-12,15H,3,13-14H2,1-2H3. The highest BCUT2D eigenvalue weighted by molar-refractivity contribution is 5.63. The molecule has 0 saturated carbocycles. The van der Waals surface area contributed by atoms with Crippen LogP contribution < -0.4 is 0 Å². The third-order valence-corrected chi connectivity index (χ3v) is 3.43. The third kappa shape index (κ3) is 4.22. The first-order valence-corrected chi connectivity index (χ1v) is 7.01. The Hall–Kier alpha value is -1.60. The SMILES string of the molecule is CCC(C)COCc1ccc(-c2ccccc2)cc1. The summed E-state index contributed by atoms with van der Waals surface area (Å²) in [5.74, 6) is 0.642. The van der Waals surface area contributed by atoms with Gasteiger partial charge < -0.3 is 4.74 Å². The van der Waals surface area contributed by atoms with Crippen molar-refractivity contribution in [1.82, 2.24) is 0 Å². The van der Waals surface area contributed by atoms with E-state index in [-0.39, 0.29) is 0 Å². The van der Waals surface area contributed by atoms with Crippen LogP contribution in [0.5, 0.6) is 0 Å². The molecule has 0 aliphatic heterocycles. The molecule has 0 aliphatic carbocycles. The van der Waals surface area contributed by atoms with Crippen molar-refractivity contribution in [3.63, 3.8) is 0 Å². The summed E-state index contributed by atoms with van der Waals surface area (Å²) in [5.41, 5.74) is 3.75. The maximum atomic E-state index is 5.72. The number of hydrogen-bond donors (Lipinski definition) is 0. The van der Waals surface area contributed by atoms with Crippen LogP contribution in [0.2, 0.25) is 0 Å². The fourth-order valence-electron chi connectivity index (χ4n) is 1.92. The number of hydrogen-bond acceptors (Lipinski definition) is 1. The van der Waals surface area contributed by atoms with Gasteiger partial charge in [0.15, 0.2) is 0 Å². The van der Waals surface area contributed by atoms with Crippen LogP contribution in [0, 0.1) is 5.92 Å². The molecule has 0 radical (unpaired) electrons. The Morgan fingerprint density at radius 3 is 2.16 bits per heavy atom. The molecule has 1 heteroatoms. The Labute approximate surface area is 116 Å². The van der Waals surface area contributed by atoms with Gasteiger partial charge in [-0.3, -0.25) is 0 Å². The first-order chi connectivity index (χ1) is 9.29. The maximum Gasteiger partial charge on any atom is 0.0717 e. The largest absolute Gasteiger partial charge is 0.376 e. The minimum Gasteiger partial charge on any atom is -0.376 e. The summed E-state index contributed by atoms with van der Waals surface area (Å²) in [6.45, 7) is 5.97. The lowest BCUT2D eigenvalue weighted by Gasteiger charge is -2.10. The van der Waals surface area contributed by atoms with Gasteiger partial charge >= 0.3 is 0 Å². The van der Waals surface area contributed by atoms with Gasteiger partial charge in [0.05, 0.1) is 6.61 Å². The molecule has 0 N–H and O–H groups in total.